The predicted molar refractivity (Wildman–Crippen MR) is 56.3 cm³/mol. The minimum absolute atomic E-state index is 0. The van der Waals surface area contributed by atoms with Gasteiger partial charge in [-0.1, -0.05) is 0 Å². The molecule has 3 saturated heterocycles. The van der Waals surface area contributed by atoms with Crippen LogP contribution in [-0.2, 0) is 0 Å². The van der Waals surface area contributed by atoms with E-state index < -0.39 is 0 Å². The van der Waals surface area contributed by atoms with Gasteiger partial charge in [-0.15, -0.1) is 24.8 Å². The summed E-state index contributed by atoms with van der Waals surface area (Å²) in [7, 11) is 0. The molecule has 0 radical (unpaired) electrons. The van der Waals surface area contributed by atoms with Crippen LogP contribution in [0.15, 0.2) is 0 Å². The molecule has 0 aromatic heterocycles. The molecule has 12 heavy (non-hydrogen) atoms. The molecule has 2 bridgehead atoms. The summed E-state index contributed by atoms with van der Waals surface area (Å²) in [4.78, 5) is 2.49. The molecular weight excluding hydrogens is 195 g/mol. The molecule has 0 aromatic rings. The highest BCUT2D eigenvalue weighted by molar-refractivity contribution is 5.85. The quantitative estimate of drug-likeness (QED) is 0.656. The molecule has 0 spiro atoms. The van der Waals surface area contributed by atoms with Gasteiger partial charge in [-0.3, -0.25) is 0 Å². The number of halogens is 2. The summed E-state index contributed by atoms with van der Waals surface area (Å²) in [6.07, 6.45) is 2.65. The first-order valence-electron chi connectivity index (χ1n) is 4.20. The van der Waals surface area contributed by atoms with Crippen LogP contribution in [0.3, 0.4) is 0 Å². The molecule has 2 N–H and O–H groups in total. The van der Waals surface area contributed by atoms with E-state index in [0.717, 1.165) is 12.5 Å². The lowest BCUT2D eigenvalue weighted by Gasteiger charge is -2.49. The highest BCUT2D eigenvalue weighted by Crippen LogP contribution is 2.33. The molecule has 1 unspecified atom stereocenters. The number of nitrogens with two attached hydrogens (primary N) is 1. The van der Waals surface area contributed by atoms with Gasteiger partial charge in [-0.2, -0.15) is 0 Å². The van der Waals surface area contributed by atoms with Crippen LogP contribution in [0, 0.1) is 5.92 Å². The third-order valence-electron chi connectivity index (χ3n) is 3.08. The highest BCUT2D eigenvalue weighted by Gasteiger charge is 2.39. The van der Waals surface area contributed by atoms with E-state index in [0.29, 0.717) is 0 Å². The Bertz CT molecular complexity index is 142. The van der Waals surface area contributed by atoms with Crippen LogP contribution in [-0.4, -0.2) is 30.1 Å². The zero-order chi connectivity index (χ0) is 7.19. The minimum atomic E-state index is 0. The monoisotopic (exact) mass is 212 g/mol. The molecule has 1 atom stereocenters. The molecule has 3 aliphatic heterocycles. The van der Waals surface area contributed by atoms with Gasteiger partial charge in [0.2, 0.25) is 0 Å². The van der Waals surface area contributed by atoms with Crippen molar-refractivity contribution in [2.45, 2.75) is 25.3 Å². The van der Waals surface area contributed by atoms with Crippen molar-refractivity contribution in [1.82, 2.24) is 4.90 Å². The summed E-state index contributed by atoms with van der Waals surface area (Å²) in [5.74, 6) is 0.803. The fraction of sp³-hybridized carbons (Fsp3) is 1.00. The fourth-order valence-corrected chi connectivity index (χ4v) is 2.36. The first-order chi connectivity index (χ1) is 4.68. The van der Waals surface area contributed by atoms with Gasteiger partial charge >= 0.3 is 0 Å². The van der Waals surface area contributed by atoms with Crippen molar-refractivity contribution in [2.75, 3.05) is 19.6 Å². The average Bonchev–Trinajstić information content (AvgIpc) is 1.87. The van der Waals surface area contributed by atoms with E-state index in [4.69, 9.17) is 5.73 Å². The highest BCUT2D eigenvalue weighted by atomic mass is 35.5. The first-order valence-corrected chi connectivity index (χ1v) is 4.20. The summed E-state index contributed by atoms with van der Waals surface area (Å²) < 4.78 is 0. The summed E-state index contributed by atoms with van der Waals surface area (Å²) >= 11 is 0. The Labute approximate surface area is 86.7 Å². The average molecular weight is 213 g/mol. The van der Waals surface area contributed by atoms with E-state index in [2.05, 4.69) is 11.8 Å². The van der Waals surface area contributed by atoms with Crippen molar-refractivity contribution in [2.24, 2.45) is 11.7 Å². The third kappa shape index (κ3) is 2.05. The standard InChI is InChI=1S/C8H16N2.2ClH/c1-8(9)6-10-4-2-7(8)3-5-10;;/h7H,2-6,9H2,1H3;2*1H. The molecule has 2 nitrogen and oxygen atoms in total. The maximum atomic E-state index is 6.12. The molecular formula is C8H18Cl2N2. The Hall–Kier alpha value is 0.500. The molecule has 3 fully saturated rings. The largest absolute Gasteiger partial charge is 0.324 e. The van der Waals surface area contributed by atoms with E-state index in [1.807, 2.05) is 0 Å². The van der Waals surface area contributed by atoms with Gasteiger partial charge in [0, 0.05) is 12.1 Å². The predicted octanol–water partition coefficient (Wildman–Crippen LogP) is 1.27. The number of hydrogen-bond acceptors (Lipinski definition) is 2. The van der Waals surface area contributed by atoms with E-state index in [9.17, 15) is 0 Å². The molecule has 0 saturated carbocycles. The Morgan fingerprint density at radius 2 is 1.75 bits per heavy atom. The Kier molecular flexibility index (Phi) is 4.31. The summed E-state index contributed by atoms with van der Waals surface area (Å²) in [6.45, 7) is 5.90. The SMILES string of the molecule is CC1(N)CN2CCC1CC2.Cl.Cl. The van der Waals surface area contributed by atoms with Crippen LogP contribution in [0.2, 0.25) is 0 Å². The zero-order valence-electron chi connectivity index (χ0n) is 7.45. The number of piperidine rings is 3. The second kappa shape index (κ2) is 4.14. The summed E-state index contributed by atoms with van der Waals surface area (Å²) in [5.41, 5.74) is 6.24. The molecule has 3 rings (SSSR count). The number of hydrogen-bond donors (Lipinski definition) is 1. The fourth-order valence-electron chi connectivity index (χ4n) is 2.36. The van der Waals surface area contributed by atoms with Gasteiger partial charge in [0.15, 0.2) is 0 Å². The Balaban J connectivity index is 0.000000605. The van der Waals surface area contributed by atoms with E-state index in [-0.39, 0.29) is 30.4 Å². The van der Waals surface area contributed by atoms with Gasteiger partial charge in [-0.25, -0.2) is 0 Å². The minimum Gasteiger partial charge on any atom is -0.324 e. The van der Waals surface area contributed by atoms with Crippen LogP contribution < -0.4 is 5.73 Å². The van der Waals surface area contributed by atoms with Crippen molar-refractivity contribution < 1.29 is 0 Å². The van der Waals surface area contributed by atoms with Gasteiger partial charge < -0.3 is 10.6 Å². The van der Waals surface area contributed by atoms with Crippen LogP contribution in [0.25, 0.3) is 0 Å². The number of rotatable bonds is 0. The van der Waals surface area contributed by atoms with Crippen molar-refractivity contribution in [1.29, 1.82) is 0 Å². The molecule has 4 heteroatoms. The van der Waals surface area contributed by atoms with Crippen molar-refractivity contribution in [3.8, 4) is 0 Å². The lowest BCUT2D eigenvalue weighted by molar-refractivity contribution is 0.0389. The van der Waals surface area contributed by atoms with Gasteiger partial charge in [-0.05, 0) is 38.8 Å². The summed E-state index contributed by atoms with van der Waals surface area (Å²) in [5, 5.41) is 0. The first kappa shape index (κ1) is 12.5. The molecule has 74 valence electrons. The summed E-state index contributed by atoms with van der Waals surface area (Å²) in [6, 6.07) is 0. The second-order valence-electron chi connectivity index (χ2n) is 4.06. The second-order valence-corrected chi connectivity index (χ2v) is 4.06. The van der Waals surface area contributed by atoms with E-state index >= 15 is 0 Å². The van der Waals surface area contributed by atoms with Gasteiger partial charge in [0.1, 0.15) is 0 Å². The Morgan fingerprint density at radius 3 is 1.92 bits per heavy atom. The molecule has 3 heterocycles. The van der Waals surface area contributed by atoms with Gasteiger partial charge in [0.05, 0.1) is 0 Å². The van der Waals surface area contributed by atoms with E-state index in [1.165, 1.54) is 25.9 Å². The lowest BCUT2D eigenvalue weighted by atomic mass is 9.75. The van der Waals surface area contributed by atoms with Crippen LogP contribution in [0.1, 0.15) is 19.8 Å². The van der Waals surface area contributed by atoms with Crippen molar-refractivity contribution in [3.63, 3.8) is 0 Å². The smallest absolute Gasteiger partial charge is 0.0284 e. The molecule has 0 aliphatic carbocycles. The molecule has 0 aromatic carbocycles. The lowest BCUT2D eigenvalue weighted by Crippen LogP contribution is -2.62. The zero-order valence-corrected chi connectivity index (χ0v) is 9.09. The topological polar surface area (TPSA) is 29.3 Å². The van der Waals surface area contributed by atoms with E-state index in [1.54, 1.807) is 0 Å². The normalized spacial score (nSPS) is 44.5. The number of fused-ring (bicyclic) bond motifs is 3. The van der Waals surface area contributed by atoms with Crippen LogP contribution in [0.5, 0.6) is 0 Å². The van der Waals surface area contributed by atoms with Crippen LogP contribution in [0.4, 0.5) is 0 Å². The Morgan fingerprint density at radius 1 is 1.25 bits per heavy atom. The van der Waals surface area contributed by atoms with Crippen molar-refractivity contribution >= 4 is 24.8 Å². The van der Waals surface area contributed by atoms with Gasteiger partial charge in [0.25, 0.3) is 0 Å². The molecule has 3 aliphatic rings. The number of nitrogens with zero attached hydrogens (tertiary/aromatic N) is 1. The van der Waals surface area contributed by atoms with Crippen molar-refractivity contribution in [3.05, 3.63) is 0 Å². The molecule has 0 amide bonds. The maximum Gasteiger partial charge on any atom is 0.0284 e. The van der Waals surface area contributed by atoms with Crippen LogP contribution >= 0.6 is 24.8 Å². The third-order valence-corrected chi connectivity index (χ3v) is 3.08. The maximum absolute atomic E-state index is 6.12.